The molecule has 0 unspecified atom stereocenters. The molecule has 0 atom stereocenters. The second-order valence-corrected chi connectivity index (χ2v) is 10.7. The van der Waals surface area contributed by atoms with Gasteiger partial charge in [0.25, 0.3) is 0 Å². The zero-order valence-corrected chi connectivity index (χ0v) is 26.1. The molecule has 30 heavy (non-hydrogen) atoms. The van der Waals surface area contributed by atoms with Gasteiger partial charge in [-0.15, -0.1) is 0 Å². The zero-order chi connectivity index (χ0) is 21.1. The quantitative estimate of drug-likeness (QED) is 0.100. The van der Waals surface area contributed by atoms with Gasteiger partial charge in [0, 0.05) is 0 Å². The number of hydrogen-bond acceptors (Lipinski definition) is 0. The van der Waals surface area contributed by atoms with Crippen LogP contribution in [-0.2, 0) is 0 Å². The third kappa shape index (κ3) is 25.6. The monoisotopic (exact) mass is 652 g/mol. The predicted molar refractivity (Wildman–Crippen MR) is 129 cm³/mol. The molecule has 0 spiro atoms. The minimum absolute atomic E-state index is 0. The van der Waals surface area contributed by atoms with Gasteiger partial charge in [-0.1, -0.05) is 65.2 Å². The van der Waals surface area contributed by atoms with Crippen LogP contribution in [0.5, 0.6) is 0 Å². The van der Waals surface area contributed by atoms with Gasteiger partial charge < -0.3 is 56.9 Å². The Hall–Kier alpha value is 1.38. The normalized spacial score (nSPS) is 11.8. The molecular formula is C26H58I2N2. The fraction of sp³-hybridized carbons (Fsp3) is 1.00. The molecule has 0 amide bonds. The molecule has 0 saturated carbocycles. The van der Waals surface area contributed by atoms with E-state index in [1.165, 1.54) is 138 Å². The molecule has 0 bridgehead atoms. The number of hydrogen-bond donors (Lipinski definition) is 0. The first-order valence-corrected chi connectivity index (χ1v) is 13.0. The van der Waals surface area contributed by atoms with Crippen LogP contribution in [-0.4, -0.2) is 63.3 Å². The summed E-state index contributed by atoms with van der Waals surface area (Å²) < 4.78 is 2.46. The molecule has 0 N–H and O–H groups in total. The first-order valence-electron chi connectivity index (χ1n) is 13.0. The molecule has 0 aliphatic heterocycles. The maximum Gasteiger partial charge on any atom is 0.0782 e. The van der Waals surface area contributed by atoms with Crippen molar-refractivity contribution in [2.75, 3.05) is 54.4 Å². The van der Waals surface area contributed by atoms with E-state index in [-0.39, 0.29) is 48.0 Å². The molecule has 0 aromatic carbocycles. The van der Waals surface area contributed by atoms with Crippen molar-refractivity contribution in [1.82, 2.24) is 0 Å². The van der Waals surface area contributed by atoms with E-state index in [1.54, 1.807) is 0 Å². The molecule has 0 aliphatic rings. The Balaban J connectivity index is -0.00000364. The summed E-state index contributed by atoms with van der Waals surface area (Å²) in [6.45, 7) is 10.1. The van der Waals surface area contributed by atoms with Crippen LogP contribution in [0.15, 0.2) is 0 Å². The van der Waals surface area contributed by atoms with Gasteiger partial charge in [-0.25, -0.2) is 0 Å². The van der Waals surface area contributed by atoms with Crippen LogP contribution in [0.2, 0.25) is 0 Å². The molecule has 0 fully saturated rings. The van der Waals surface area contributed by atoms with Crippen molar-refractivity contribution in [1.29, 1.82) is 0 Å². The molecule has 186 valence electrons. The van der Waals surface area contributed by atoms with Crippen LogP contribution < -0.4 is 48.0 Å². The molecule has 0 aromatic heterocycles. The molecule has 0 aliphatic carbocycles. The fourth-order valence-corrected chi connectivity index (χ4v) is 4.30. The van der Waals surface area contributed by atoms with Gasteiger partial charge in [0.05, 0.1) is 54.4 Å². The summed E-state index contributed by atoms with van der Waals surface area (Å²) in [5.41, 5.74) is 0. The maximum atomic E-state index is 2.43. The van der Waals surface area contributed by atoms with E-state index in [1.807, 2.05) is 0 Å². The fourth-order valence-electron chi connectivity index (χ4n) is 4.30. The Labute approximate surface area is 226 Å². The highest BCUT2D eigenvalue weighted by atomic mass is 127. The van der Waals surface area contributed by atoms with Gasteiger partial charge in [0.15, 0.2) is 0 Å². The molecule has 4 heteroatoms. The minimum Gasteiger partial charge on any atom is -1.00 e. The van der Waals surface area contributed by atoms with E-state index in [2.05, 4.69) is 42.0 Å². The number of nitrogens with zero attached hydrogens (tertiary/aromatic N) is 2. The van der Waals surface area contributed by atoms with Crippen molar-refractivity contribution < 1.29 is 56.9 Å². The summed E-state index contributed by atoms with van der Waals surface area (Å²) in [6, 6.07) is 0. The molecule has 0 heterocycles. The van der Waals surface area contributed by atoms with Crippen LogP contribution >= 0.6 is 0 Å². The molecule has 0 radical (unpaired) electrons. The molecule has 2 nitrogen and oxygen atoms in total. The molecule has 0 aromatic rings. The lowest BCUT2D eigenvalue weighted by Gasteiger charge is -2.30. The lowest BCUT2D eigenvalue weighted by atomic mass is 10.1. The van der Waals surface area contributed by atoms with Crippen LogP contribution in [0, 0.1) is 0 Å². The smallest absolute Gasteiger partial charge is 0.0782 e. The van der Waals surface area contributed by atoms with E-state index < -0.39 is 0 Å². The number of rotatable bonds is 21. The van der Waals surface area contributed by atoms with Crippen LogP contribution in [0.3, 0.4) is 0 Å². The second-order valence-electron chi connectivity index (χ2n) is 10.7. The van der Waals surface area contributed by atoms with Crippen molar-refractivity contribution in [3.63, 3.8) is 0 Å². The van der Waals surface area contributed by atoms with E-state index in [0.29, 0.717) is 0 Å². The molecule has 0 saturated heterocycles. The summed E-state index contributed by atoms with van der Waals surface area (Å²) in [5.74, 6) is 0. The van der Waals surface area contributed by atoms with Crippen LogP contribution in [0.25, 0.3) is 0 Å². The third-order valence-corrected chi connectivity index (χ3v) is 6.51. The highest BCUT2D eigenvalue weighted by molar-refractivity contribution is 4.49. The summed E-state index contributed by atoms with van der Waals surface area (Å²) in [7, 11) is 9.71. The van der Waals surface area contributed by atoms with Crippen molar-refractivity contribution in [2.24, 2.45) is 0 Å². The van der Waals surface area contributed by atoms with E-state index in [9.17, 15) is 0 Å². The van der Waals surface area contributed by atoms with Crippen molar-refractivity contribution >= 4 is 0 Å². The zero-order valence-electron chi connectivity index (χ0n) is 21.8. The van der Waals surface area contributed by atoms with Crippen molar-refractivity contribution in [3.05, 3.63) is 0 Å². The summed E-state index contributed by atoms with van der Waals surface area (Å²) >= 11 is 0. The Kier molecular flexibility index (Phi) is 28.2. The maximum absolute atomic E-state index is 2.43. The Morgan fingerprint density at radius 3 is 0.767 bits per heavy atom. The summed E-state index contributed by atoms with van der Waals surface area (Å²) in [4.78, 5) is 0. The topological polar surface area (TPSA) is 0 Å². The lowest BCUT2D eigenvalue weighted by molar-refractivity contribution is -0.890. The Bertz CT molecular complexity index is 301. The van der Waals surface area contributed by atoms with Gasteiger partial charge >= 0.3 is 0 Å². The average Bonchev–Trinajstić information content (AvgIpc) is 2.64. The highest BCUT2D eigenvalue weighted by Gasteiger charge is 2.14. The second kappa shape index (κ2) is 23.5. The SMILES string of the molecule is CCCCCC[N+](C)(C)CCCCCCCCCC[N+](C)(C)CCCCCC.[I-].[I-]. The van der Waals surface area contributed by atoms with E-state index in [4.69, 9.17) is 0 Å². The Morgan fingerprint density at radius 1 is 0.333 bits per heavy atom. The van der Waals surface area contributed by atoms with Crippen LogP contribution in [0.1, 0.15) is 117 Å². The van der Waals surface area contributed by atoms with Crippen LogP contribution in [0.4, 0.5) is 0 Å². The van der Waals surface area contributed by atoms with E-state index >= 15 is 0 Å². The van der Waals surface area contributed by atoms with Gasteiger partial charge in [0.2, 0.25) is 0 Å². The first-order chi connectivity index (χ1) is 13.3. The number of quaternary nitrogens is 2. The van der Waals surface area contributed by atoms with Crippen molar-refractivity contribution in [2.45, 2.75) is 117 Å². The highest BCUT2D eigenvalue weighted by Crippen LogP contribution is 2.13. The third-order valence-electron chi connectivity index (χ3n) is 6.51. The minimum atomic E-state index is 0. The summed E-state index contributed by atoms with van der Waals surface area (Å²) in [6.07, 6.45) is 22.7. The standard InChI is InChI=1S/C26H58N2.2HI/c1-7-9-11-19-23-27(3,4)25-21-17-15-13-14-16-18-22-26-28(5,6)24-20-12-10-8-2;;/h7-26H2,1-6H3;2*1H/q+2;;/p-2. The Morgan fingerprint density at radius 2 is 0.533 bits per heavy atom. The summed E-state index contributed by atoms with van der Waals surface area (Å²) in [5, 5.41) is 0. The van der Waals surface area contributed by atoms with Gasteiger partial charge in [0.1, 0.15) is 0 Å². The number of unbranched alkanes of at least 4 members (excludes halogenated alkanes) is 13. The van der Waals surface area contributed by atoms with E-state index in [0.717, 1.165) is 0 Å². The lowest BCUT2D eigenvalue weighted by Crippen LogP contribution is -3.00. The van der Waals surface area contributed by atoms with Gasteiger partial charge in [-0.2, -0.15) is 0 Å². The van der Waals surface area contributed by atoms with Gasteiger partial charge in [-0.05, 0) is 51.4 Å². The molecular weight excluding hydrogens is 594 g/mol. The first kappa shape index (κ1) is 36.0. The average molecular weight is 653 g/mol. The predicted octanol–water partition coefficient (Wildman–Crippen LogP) is 1.43. The van der Waals surface area contributed by atoms with Crippen molar-refractivity contribution in [3.8, 4) is 0 Å². The largest absolute Gasteiger partial charge is 1.00 e. The van der Waals surface area contributed by atoms with Gasteiger partial charge in [-0.3, -0.25) is 0 Å². The molecule has 0 rings (SSSR count). The number of halogens is 2.